The smallest absolute Gasteiger partial charge is 0.248 e. The standard InChI is InChI=1S/C17H25N3O/c18-17(21)14-6-8-16(9-7-14)20-12-10-19(11-13-20)15-4-2-1-3-5-15/h6-9,15H,1-5,10-13H2,(H2,18,21). The summed E-state index contributed by atoms with van der Waals surface area (Å²) >= 11 is 0. The van der Waals surface area contributed by atoms with Gasteiger partial charge >= 0.3 is 0 Å². The topological polar surface area (TPSA) is 49.6 Å². The Morgan fingerprint density at radius 1 is 0.952 bits per heavy atom. The average Bonchev–Trinajstić information content (AvgIpc) is 2.56. The van der Waals surface area contributed by atoms with E-state index >= 15 is 0 Å². The first-order valence-electron chi connectivity index (χ1n) is 8.13. The van der Waals surface area contributed by atoms with Crippen molar-refractivity contribution in [1.29, 1.82) is 0 Å². The molecule has 1 heterocycles. The maximum atomic E-state index is 11.1. The number of anilines is 1. The van der Waals surface area contributed by atoms with Gasteiger partial charge in [0.05, 0.1) is 0 Å². The van der Waals surface area contributed by atoms with Crippen molar-refractivity contribution in [3.05, 3.63) is 29.8 Å². The second-order valence-corrected chi connectivity index (χ2v) is 6.23. The van der Waals surface area contributed by atoms with Gasteiger partial charge in [-0.05, 0) is 37.1 Å². The van der Waals surface area contributed by atoms with Crippen molar-refractivity contribution in [3.63, 3.8) is 0 Å². The van der Waals surface area contributed by atoms with Crippen LogP contribution in [-0.2, 0) is 0 Å². The maximum Gasteiger partial charge on any atom is 0.248 e. The Morgan fingerprint density at radius 2 is 1.57 bits per heavy atom. The molecule has 0 radical (unpaired) electrons. The predicted molar refractivity (Wildman–Crippen MR) is 85.6 cm³/mol. The molecule has 1 aliphatic heterocycles. The molecule has 0 atom stereocenters. The molecule has 1 saturated carbocycles. The first kappa shape index (κ1) is 14.4. The fourth-order valence-electron chi connectivity index (χ4n) is 3.63. The first-order chi connectivity index (χ1) is 10.2. The fourth-order valence-corrected chi connectivity index (χ4v) is 3.63. The number of nitrogens with zero attached hydrogens (tertiary/aromatic N) is 2. The average molecular weight is 287 g/mol. The summed E-state index contributed by atoms with van der Waals surface area (Å²) in [7, 11) is 0. The van der Waals surface area contributed by atoms with E-state index in [1.54, 1.807) is 0 Å². The molecule has 1 aromatic rings. The highest BCUT2D eigenvalue weighted by Crippen LogP contribution is 2.25. The summed E-state index contributed by atoms with van der Waals surface area (Å²) in [6.45, 7) is 4.46. The third-order valence-electron chi connectivity index (χ3n) is 4.92. The van der Waals surface area contributed by atoms with E-state index in [4.69, 9.17) is 5.73 Å². The highest BCUT2D eigenvalue weighted by molar-refractivity contribution is 5.93. The molecular formula is C17H25N3O. The number of nitrogens with two attached hydrogens (primary N) is 1. The molecule has 0 aromatic heterocycles. The van der Waals surface area contributed by atoms with Gasteiger partial charge in [-0.3, -0.25) is 9.69 Å². The third kappa shape index (κ3) is 3.38. The van der Waals surface area contributed by atoms with Crippen LogP contribution in [0.25, 0.3) is 0 Å². The number of benzene rings is 1. The SMILES string of the molecule is NC(=O)c1ccc(N2CCN(C3CCCCC3)CC2)cc1. The van der Waals surface area contributed by atoms with E-state index in [-0.39, 0.29) is 5.91 Å². The van der Waals surface area contributed by atoms with Crippen LogP contribution < -0.4 is 10.6 Å². The van der Waals surface area contributed by atoms with Gasteiger partial charge in [-0.25, -0.2) is 0 Å². The van der Waals surface area contributed by atoms with Crippen LogP contribution in [0.4, 0.5) is 5.69 Å². The van der Waals surface area contributed by atoms with Crippen LogP contribution in [0, 0.1) is 0 Å². The molecule has 3 rings (SSSR count). The zero-order valence-corrected chi connectivity index (χ0v) is 12.6. The van der Waals surface area contributed by atoms with E-state index in [0.717, 1.165) is 32.2 Å². The molecule has 1 saturated heterocycles. The molecule has 4 heteroatoms. The third-order valence-corrected chi connectivity index (χ3v) is 4.92. The molecule has 0 spiro atoms. The zero-order valence-electron chi connectivity index (χ0n) is 12.6. The molecule has 1 aromatic carbocycles. The van der Waals surface area contributed by atoms with Crippen molar-refractivity contribution in [2.75, 3.05) is 31.1 Å². The Hall–Kier alpha value is -1.55. The zero-order chi connectivity index (χ0) is 14.7. The van der Waals surface area contributed by atoms with E-state index in [1.807, 2.05) is 24.3 Å². The minimum Gasteiger partial charge on any atom is -0.369 e. The Bertz CT molecular complexity index is 471. The van der Waals surface area contributed by atoms with Crippen LogP contribution in [0.3, 0.4) is 0 Å². The van der Waals surface area contributed by atoms with E-state index in [9.17, 15) is 4.79 Å². The summed E-state index contributed by atoms with van der Waals surface area (Å²) < 4.78 is 0. The number of rotatable bonds is 3. The van der Waals surface area contributed by atoms with Crippen molar-refractivity contribution >= 4 is 11.6 Å². The van der Waals surface area contributed by atoms with E-state index in [0.29, 0.717) is 5.56 Å². The molecule has 21 heavy (non-hydrogen) atoms. The lowest BCUT2D eigenvalue weighted by Gasteiger charge is -2.41. The minimum atomic E-state index is -0.358. The Labute approximate surface area is 126 Å². The van der Waals surface area contributed by atoms with Gasteiger partial charge in [-0.2, -0.15) is 0 Å². The fraction of sp³-hybridized carbons (Fsp3) is 0.588. The summed E-state index contributed by atoms with van der Waals surface area (Å²) in [6.07, 6.45) is 6.99. The lowest BCUT2D eigenvalue weighted by Crippen LogP contribution is -2.50. The molecule has 2 N–H and O–H groups in total. The molecule has 2 aliphatic rings. The highest BCUT2D eigenvalue weighted by Gasteiger charge is 2.25. The molecule has 114 valence electrons. The van der Waals surface area contributed by atoms with Crippen molar-refractivity contribution in [2.24, 2.45) is 5.73 Å². The molecule has 2 fully saturated rings. The van der Waals surface area contributed by atoms with E-state index in [1.165, 1.54) is 37.8 Å². The molecule has 0 unspecified atom stereocenters. The summed E-state index contributed by atoms with van der Waals surface area (Å²) in [5.41, 5.74) is 7.06. The van der Waals surface area contributed by atoms with Crippen molar-refractivity contribution < 1.29 is 4.79 Å². The highest BCUT2D eigenvalue weighted by atomic mass is 16.1. The summed E-state index contributed by atoms with van der Waals surface area (Å²) in [6, 6.07) is 8.49. The number of piperazine rings is 1. The van der Waals surface area contributed by atoms with Gasteiger partial charge in [0.25, 0.3) is 0 Å². The Balaban J connectivity index is 1.56. The van der Waals surface area contributed by atoms with Crippen LogP contribution in [-0.4, -0.2) is 43.0 Å². The molecule has 1 amide bonds. The quantitative estimate of drug-likeness (QED) is 0.927. The largest absolute Gasteiger partial charge is 0.369 e. The lowest BCUT2D eigenvalue weighted by molar-refractivity contribution is 0.100. The van der Waals surface area contributed by atoms with E-state index in [2.05, 4.69) is 9.80 Å². The Morgan fingerprint density at radius 3 is 2.14 bits per heavy atom. The second-order valence-electron chi connectivity index (χ2n) is 6.23. The van der Waals surface area contributed by atoms with Crippen molar-refractivity contribution in [3.8, 4) is 0 Å². The number of amides is 1. The van der Waals surface area contributed by atoms with Gasteiger partial charge in [-0.15, -0.1) is 0 Å². The summed E-state index contributed by atoms with van der Waals surface area (Å²) in [4.78, 5) is 16.2. The minimum absolute atomic E-state index is 0.358. The van der Waals surface area contributed by atoms with Crippen LogP contribution >= 0.6 is 0 Å². The molecular weight excluding hydrogens is 262 g/mol. The second kappa shape index (κ2) is 6.48. The number of carbonyl (C=O) groups excluding carboxylic acids is 1. The van der Waals surface area contributed by atoms with Gasteiger partial charge in [0.1, 0.15) is 0 Å². The molecule has 0 bridgehead atoms. The number of primary amides is 1. The van der Waals surface area contributed by atoms with Crippen molar-refractivity contribution in [2.45, 2.75) is 38.1 Å². The maximum absolute atomic E-state index is 11.1. The van der Waals surface area contributed by atoms with Crippen LogP contribution in [0.1, 0.15) is 42.5 Å². The summed E-state index contributed by atoms with van der Waals surface area (Å²) in [5, 5.41) is 0. The normalized spacial score (nSPS) is 21.4. The lowest BCUT2D eigenvalue weighted by atomic mass is 9.94. The molecule has 1 aliphatic carbocycles. The van der Waals surface area contributed by atoms with Crippen LogP contribution in [0.5, 0.6) is 0 Å². The Kier molecular flexibility index (Phi) is 4.44. The number of hydrogen-bond donors (Lipinski definition) is 1. The van der Waals surface area contributed by atoms with E-state index < -0.39 is 0 Å². The van der Waals surface area contributed by atoms with Gasteiger partial charge in [0.15, 0.2) is 0 Å². The van der Waals surface area contributed by atoms with Crippen LogP contribution in [0.15, 0.2) is 24.3 Å². The number of carbonyl (C=O) groups is 1. The monoisotopic (exact) mass is 287 g/mol. The number of hydrogen-bond acceptors (Lipinski definition) is 3. The van der Waals surface area contributed by atoms with Gasteiger partial charge in [-0.1, -0.05) is 19.3 Å². The van der Waals surface area contributed by atoms with Crippen molar-refractivity contribution in [1.82, 2.24) is 4.90 Å². The van der Waals surface area contributed by atoms with Gasteiger partial charge in [0, 0.05) is 43.5 Å². The van der Waals surface area contributed by atoms with Gasteiger partial charge in [0.2, 0.25) is 5.91 Å². The summed E-state index contributed by atoms with van der Waals surface area (Å²) in [5.74, 6) is -0.358. The predicted octanol–water partition coefficient (Wildman–Crippen LogP) is 2.24. The van der Waals surface area contributed by atoms with Gasteiger partial charge < -0.3 is 10.6 Å². The molecule has 4 nitrogen and oxygen atoms in total. The van der Waals surface area contributed by atoms with Crippen LogP contribution in [0.2, 0.25) is 0 Å². The first-order valence-corrected chi connectivity index (χ1v) is 8.13.